The number of aliphatic hydroxyl groups excluding tert-OH is 1. The highest BCUT2D eigenvalue weighted by molar-refractivity contribution is 5.75. The molecule has 0 amide bonds. The predicted octanol–water partition coefficient (Wildman–Crippen LogP) is 3.13. The summed E-state index contributed by atoms with van der Waals surface area (Å²) in [5, 5.41) is 13.2. The fourth-order valence-corrected chi connectivity index (χ4v) is 2.77. The summed E-state index contributed by atoms with van der Waals surface area (Å²) in [7, 11) is 0. The first-order valence-electron chi connectivity index (χ1n) is 9.85. The van der Waals surface area contributed by atoms with Gasteiger partial charge in [0.05, 0.1) is 19.5 Å². The summed E-state index contributed by atoms with van der Waals surface area (Å²) in [6, 6.07) is 3.07. The van der Waals surface area contributed by atoms with Gasteiger partial charge in [-0.2, -0.15) is 0 Å². The van der Waals surface area contributed by atoms with E-state index in [0.29, 0.717) is 44.8 Å². The van der Waals surface area contributed by atoms with Crippen LogP contribution in [0.2, 0.25) is 0 Å². The first-order valence-corrected chi connectivity index (χ1v) is 9.85. The lowest BCUT2D eigenvalue weighted by molar-refractivity contribution is -0.146. The van der Waals surface area contributed by atoms with Crippen LogP contribution in [0.4, 0.5) is 0 Å². The summed E-state index contributed by atoms with van der Waals surface area (Å²) in [5.74, 6) is 0.0984. The van der Waals surface area contributed by atoms with E-state index in [1.54, 1.807) is 26.0 Å². The highest BCUT2D eigenvalue weighted by Crippen LogP contribution is 2.16. The van der Waals surface area contributed by atoms with Crippen LogP contribution in [0.3, 0.4) is 0 Å². The molecular weight excluding hydrogens is 350 g/mol. The zero-order chi connectivity index (χ0) is 19.9. The van der Waals surface area contributed by atoms with Gasteiger partial charge < -0.3 is 24.3 Å². The van der Waals surface area contributed by atoms with Gasteiger partial charge in [0, 0.05) is 6.42 Å². The Morgan fingerprint density at radius 1 is 1.11 bits per heavy atom. The van der Waals surface area contributed by atoms with Crippen LogP contribution in [0.25, 0.3) is 0 Å². The third kappa shape index (κ3) is 10.2. The van der Waals surface area contributed by atoms with Crippen LogP contribution in [-0.2, 0) is 19.1 Å². The molecule has 0 aliphatic rings. The second kappa shape index (κ2) is 14.2. The molecule has 0 fully saturated rings. The second-order valence-electron chi connectivity index (χ2n) is 6.34. The minimum Gasteiger partial charge on any atom is -0.467 e. The van der Waals surface area contributed by atoms with Gasteiger partial charge in [-0.05, 0) is 51.8 Å². The lowest BCUT2D eigenvalue weighted by Gasteiger charge is -2.18. The fraction of sp³-hybridized carbons (Fsp3) is 0.700. The van der Waals surface area contributed by atoms with Crippen LogP contribution in [-0.4, -0.2) is 42.8 Å². The van der Waals surface area contributed by atoms with Crippen LogP contribution in [0.1, 0.15) is 70.7 Å². The molecule has 2 atom stereocenters. The average molecular weight is 383 g/mol. The Hall–Kier alpha value is -1.86. The minimum atomic E-state index is -0.696. The molecule has 1 rings (SSSR count). The van der Waals surface area contributed by atoms with Crippen LogP contribution in [0.5, 0.6) is 0 Å². The zero-order valence-corrected chi connectivity index (χ0v) is 16.4. The molecule has 1 aromatic rings. The Morgan fingerprint density at radius 2 is 1.85 bits per heavy atom. The molecule has 0 aliphatic heterocycles. The molecule has 27 heavy (non-hydrogen) atoms. The molecule has 0 bridgehead atoms. The number of carbonyl (C=O) groups is 2. The monoisotopic (exact) mass is 383 g/mol. The van der Waals surface area contributed by atoms with E-state index in [9.17, 15) is 14.7 Å². The van der Waals surface area contributed by atoms with Crippen molar-refractivity contribution in [2.75, 3.05) is 19.8 Å². The number of rotatable bonds is 15. The van der Waals surface area contributed by atoms with Crippen molar-refractivity contribution in [2.45, 2.75) is 70.9 Å². The summed E-state index contributed by atoms with van der Waals surface area (Å²) in [6.07, 6.45) is 5.90. The smallest absolute Gasteiger partial charge is 0.323 e. The maximum atomic E-state index is 12.1. The van der Waals surface area contributed by atoms with Gasteiger partial charge in [-0.3, -0.25) is 9.59 Å². The summed E-state index contributed by atoms with van der Waals surface area (Å²) >= 11 is 0. The van der Waals surface area contributed by atoms with Crippen LogP contribution >= 0.6 is 0 Å². The van der Waals surface area contributed by atoms with E-state index in [2.05, 4.69) is 5.32 Å². The van der Waals surface area contributed by atoms with E-state index in [-0.39, 0.29) is 18.0 Å². The topological polar surface area (TPSA) is 98.0 Å². The number of carbonyl (C=O) groups excluding carboxylic acids is 2. The summed E-state index contributed by atoms with van der Waals surface area (Å²) in [6.45, 7) is 4.82. The van der Waals surface area contributed by atoms with Gasteiger partial charge >= 0.3 is 11.9 Å². The standard InChI is InChI=1S/C20H33NO6/c1-3-25-19(23)12-8-6-5-7-10-16(20(24)26-4-2)21-14-13-17(22)18-11-9-15-27-18/h9,11,15-17,21-22H,3-8,10,12-14H2,1-2H3. The van der Waals surface area contributed by atoms with Gasteiger partial charge in [0.25, 0.3) is 0 Å². The molecule has 0 saturated carbocycles. The van der Waals surface area contributed by atoms with Crippen LogP contribution in [0.15, 0.2) is 22.8 Å². The fourth-order valence-electron chi connectivity index (χ4n) is 2.77. The molecule has 0 aliphatic carbocycles. The highest BCUT2D eigenvalue weighted by Gasteiger charge is 2.19. The summed E-state index contributed by atoms with van der Waals surface area (Å²) in [5.41, 5.74) is 0. The largest absolute Gasteiger partial charge is 0.467 e. The number of hydrogen-bond acceptors (Lipinski definition) is 7. The van der Waals surface area contributed by atoms with Gasteiger partial charge in [-0.25, -0.2) is 0 Å². The molecule has 2 N–H and O–H groups in total. The Labute approximate surface area is 161 Å². The number of hydrogen-bond donors (Lipinski definition) is 2. The Morgan fingerprint density at radius 3 is 2.52 bits per heavy atom. The first kappa shape index (κ1) is 23.2. The first-order chi connectivity index (χ1) is 13.1. The number of aliphatic hydroxyl groups is 1. The number of esters is 2. The maximum absolute atomic E-state index is 12.1. The molecule has 1 heterocycles. The Bertz CT molecular complexity index is 517. The van der Waals surface area contributed by atoms with E-state index in [0.717, 1.165) is 25.7 Å². The van der Waals surface area contributed by atoms with Crippen molar-refractivity contribution in [3.63, 3.8) is 0 Å². The highest BCUT2D eigenvalue weighted by atomic mass is 16.5. The Kier molecular flexibility index (Phi) is 12.2. The third-order valence-electron chi connectivity index (χ3n) is 4.18. The molecule has 2 unspecified atom stereocenters. The van der Waals surface area contributed by atoms with E-state index in [1.165, 1.54) is 6.26 Å². The van der Waals surface area contributed by atoms with E-state index < -0.39 is 6.10 Å². The zero-order valence-electron chi connectivity index (χ0n) is 16.4. The van der Waals surface area contributed by atoms with Crippen molar-refractivity contribution in [1.29, 1.82) is 0 Å². The summed E-state index contributed by atoms with van der Waals surface area (Å²) in [4.78, 5) is 23.4. The second-order valence-corrected chi connectivity index (χ2v) is 6.34. The molecule has 154 valence electrons. The van der Waals surface area contributed by atoms with E-state index in [1.807, 2.05) is 0 Å². The van der Waals surface area contributed by atoms with E-state index >= 15 is 0 Å². The van der Waals surface area contributed by atoms with Gasteiger partial charge in [-0.15, -0.1) is 0 Å². The average Bonchev–Trinajstić information content (AvgIpc) is 3.18. The molecule has 0 spiro atoms. The molecule has 7 nitrogen and oxygen atoms in total. The van der Waals surface area contributed by atoms with E-state index in [4.69, 9.17) is 13.9 Å². The van der Waals surface area contributed by atoms with Gasteiger partial charge in [-0.1, -0.05) is 19.3 Å². The quantitative estimate of drug-likeness (QED) is 0.355. The van der Waals surface area contributed by atoms with Crippen LogP contribution in [0, 0.1) is 0 Å². The number of nitrogens with one attached hydrogen (secondary N) is 1. The number of unbranched alkanes of at least 4 members (excludes halogenated alkanes) is 3. The third-order valence-corrected chi connectivity index (χ3v) is 4.18. The van der Waals surface area contributed by atoms with Gasteiger partial charge in [0.15, 0.2) is 0 Å². The number of ether oxygens (including phenoxy) is 2. The van der Waals surface area contributed by atoms with Gasteiger partial charge in [0.2, 0.25) is 0 Å². The van der Waals surface area contributed by atoms with Crippen molar-refractivity contribution in [1.82, 2.24) is 5.32 Å². The lowest BCUT2D eigenvalue weighted by atomic mass is 10.1. The molecule has 0 aromatic carbocycles. The van der Waals surface area contributed by atoms with Crippen LogP contribution < -0.4 is 5.32 Å². The van der Waals surface area contributed by atoms with Crippen molar-refractivity contribution < 1.29 is 28.6 Å². The van der Waals surface area contributed by atoms with Crippen molar-refractivity contribution in [2.24, 2.45) is 0 Å². The van der Waals surface area contributed by atoms with Crippen molar-refractivity contribution in [3.8, 4) is 0 Å². The lowest BCUT2D eigenvalue weighted by Crippen LogP contribution is -2.39. The van der Waals surface area contributed by atoms with Crippen molar-refractivity contribution in [3.05, 3.63) is 24.2 Å². The van der Waals surface area contributed by atoms with Crippen molar-refractivity contribution >= 4 is 11.9 Å². The predicted molar refractivity (Wildman–Crippen MR) is 101 cm³/mol. The molecule has 0 radical (unpaired) electrons. The maximum Gasteiger partial charge on any atom is 0.323 e. The molecule has 7 heteroatoms. The van der Waals surface area contributed by atoms with Gasteiger partial charge in [0.1, 0.15) is 17.9 Å². The SMILES string of the molecule is CCOC(=O)CCCCCCC(NCCC(O)c1ccco1)C(=O)OCC. The minimum absolute atomic E-state index is 0.154. The Balaban J connectivity index is 2.26. The molecular formula is C20H33NO6. The molecule has 0 saturated heterocycles. The summed E-state index contributed by atoms with van der Waals surface area (Å²) < 4.78 is 15.2. The molecule has 1 aromatic heterocycles. The number of furan rings is 1. The normalized spacial score (nSPS) is 13.1.